The van der Waals surface area contributed by atoms with Gasteiger partial charge in [0.2, 0.25) is 0 Å². The fraction of sp³-hybridized carbons (Fsp3) is 0.280. The summed E-state index contributed by atoms with van der Waals surface area (Å²) in [6.45, 7) is -2.39. The number of benzene rings is 1. The third-order valence-electron chi connectivity index (χ3n) is 5.67. The predicted octanol–water partition coefficient (Wildman–Crippen LogP) is 5.22. The highest BCUT2D eigenvalue weighted by atomic mass is 35.5. The molecule has 0 bridgehead atoms. The number of ether oxygens (including phenoxy) is 1. The van der Waals surface area contributed by atoms with Crippen molar-refractivity contribution in [3.8, 4) is 11.3 Å². The third-order valence-corrected chi connectivity index (χ3v) is 5.99. The number of rotatable bonds is 8. The Balaban J connectivity index is 0.000000322. The molecule has 0 aliphatic rings. The van der Waals surface area contributed by atoms with E-state index in [1.165, 1.54) is 16.7 Å². The molecule has 0 fully saturated rings. The number of pyridine rings is 2. The number of hydrogen-bond donors (Lipinski definition) is 3. The summed E-state index contributed by atoms with van der Waals surface area (Å²) in [5.74, 6) is -0.497. The molecule has 9 nitrogen and oxygen atoms in total. The Morgan fingerprint density at radius 3 is 2.41 bits per heavy atom. The molecule has 41 heavy (non-hydrogen) atoms. The molecule has 4 aromatic rings. The Morgan fingerprint density at radius 2 is 1.80 bits per heavy atom. The van der Waals surface area contributed by atoms with Crippen LogP contribution in [0.3, 0.4) is 0 Å². The third kappa shape index (κ3) is 8.20. The molecule has 220 valence electrons. The van der Waals surface area contributed by atoms with Crippen molar-refractivity contribution in [2.24, 2.45) is 0 Å². The van der Waals surface area contributed by atoms with Crippen molar-refractivity contribution in [2.75, 3.05) is 18.1 Å². The number of nitrogens with one attached hydrogen (secondary N) is 1. The van der Waals surface area contributed by atoms with Gasteiger partial charge in [-0.15, -0.1) is 0 Å². The summed E-state index contributed by atoms with van der Waals surface area (Å²) in [6, 6.07) is 7.55. The Labute approximate surface area is 232 Å². The van der Waals surface area contributed by atoms with Crippen molar-refractivity contribution in [1.29, 1.82) is 0 Å². The molecule has 0 saturated carbocycles. The van der Waals surface area contributed by atoms with E-state index in [4.69, 9.17) is 23.1 Å². The molecule has 0 aliphatic carbocycles. The number of nitrogen functional groups attached to an aromatic ring is 2. The van der Waals surface area contributed by atoms with E-state index in [0.29, 0.717) is 36.9 Å². The molecule has 5 N–H and O–H groups in total. The number of aromatic amines is 1. The Hall–Kier alpha value is -4.11. The van der Waals surface area contributed by atoms with Crippen LogP contribution >= 0.6 is 11.6 Å². The maximum Gasteiger partial charge on any atom is 0.423 e. The second-order valence-corrected chi connectivity index (χ2v) is 8.92. The molecular weight excluding hydrogens is 582 g/mol. The number of aromatic nitrogens is 4. The molecule has 3 heterocycles. The lowest BCUT2D eigenvalue weighted by molar-refractivity contribution is -0.138. The summed E-state index contributed by atoms with van der Waals surface area (Å²) in [5.41, 5.74) is 7.41. The molecule has 0 saturated heterocycles. The lowest BCUT2D eigenvalue weighted by Crippen LogP contribution is -2.24. The van der Waals surface area contributed by atoms with Gasteiger partial charge in [-0.1, -0.05) is 11.6 Å². The van der Waals surface area contributed by atoms with Crippen molar-refractivity contribution in [1.82, 2.24) is 19.7 Å². The van der Waals surface area contributed by atoms with Crippen LogP contribution in [0, 0.1) is 5.82 Å². The minimum absolute atomic E-state index is 0.0263. The van der Waals surface area contributed by atoms with E-state index >= 15 is 0 Å². The van der Waals surface area contributed by atoms with Gasteiger partial charge in [0.15, 0.2) is 0 Å². The van der Waals surface area contributed by atoms with Crippen molar-refractivity contribution in [3.63, 3.8) is 0 Å². The number of fused-ring (bicyclic) bond motifs is 1. The van der Waals surface area contributed by atoms with Crippen LogP contribution in [0.1, 0.15) is 24.8 Å². The first kappa shape index (κ1) is 31.4. The first-order valence-corrected chi connectivity index (χ1v) is 12.2. The minimum Gasteiger partial charge on any atom is -0.397 e. The fourth-order valence-electron chi connectivity index (χ4n) is 3.72. The van der Waals surface area contributed by atoms with Crippen LogP contribution in [-0.2, 0) is 17.5 Å². The Bertz CT molecular complexity index is 1630. The number of nitrogens with zero attached hydrogens (tertiary/aromatic N) is 3. The number of nitrogens with two attached hydrogens (primary N) is 2. The molecule has 0 spiro atoms. The number of unbranched alkanes of at least 4 members (excludes halogenated alkanes) is 2. The molecule has 16 heteroatoms. The number of halogens is 7. The van der Waals surface area contributed by atoms with Gasteiger partial charge in [-0.3, -0.25) is 9.59 Å². The average Bonchev–Trinajstić information content (AvgIpc) is 2.88. The lowest BCUT2D eigenvalue weighted by Gasteiger charge is -2.10. The lowest BCUT2D eigenvalue weighted by atomic mass is 10.0. The SMILES string of the molecule is Nc1cn[nH]c(=O)c1C(F)(F)F.Nc1nc(-c2cc3ccn(CCCCCOC(F)F)c(=O)c3cc2F)ccc1Cl. The molecule has 1 aromatic carbocycles. The maximum atomic E-state index is 14.7. The summed E-state index contributed by atoms with van der Waals surface area (Å²) < 4.78 is 80.1. The van der Waals surface area contributed by atoms with Gasteiger partial charge in [0, 0.05) is 18.3 Å². The maximum absolute atomic E-state index is 14.7. The van der Waals surface area contributed by atoms with Gasteiger partial charge in [-0.2, -0.15) is 27.1 Å². The highest BCUT2D eigenvalue weighted by Gasteiger charge is 2.36. The van der Waals surface area contributed by atoms with Gasteiger partial charge in [0.05, 0.1) is 34.6 Å². The zero-order chi connectivity index (χ0) is 30.3. The van der Waals surface area contributed by atoms with Gasteiger partial charge in [-0.25, -0.2) is 14.5 Å². The molecule has 0 aliphatic heterocycles. The van der Waals surface area contributed by atoms with Crippen molar-refractivity contribution in [3.05, 3.63) is 79.8 Å². The summed E-state index contributed by atoms with van der Waals surface area (Å²) in [6.07, 6.45) is -0.640. The van der Waals surface area contributed by atoms with Crippen LogP contribution in [0.25, 0.3) is 22.0 Å². The second-order valence-electron chi connectivity index (χ2n) is 8.52. The minimum atomic E-state index is -4.74. The fourth-order valence-corrected chi connectivity index (χ4v) is 3.83. The van der Waals surface area contributed by atoms with Crippen LogP contribution in [-0.4, -0.2) is 33.0 Å². The largest absolute Gasteiger partial charge is 0.423 e. The highest BCUT2D eigenvalue weighted by Crippen LogP contribution is 2.30. The van der Waals surface area contributed by atoms with E-state index in [2.05, 4.69) is 14.8 Å². The quantitative estimate of drug-likeness (QED) is 0.185. The summed E-state index contributed by atoms with van der Waals surface area (Å²) >= 11 is 5.86. The number of H-pyrrole nitrogens is 1. The summed E-state index contributed by atoms with van der Waals surface area (Å²) in [7, 11) is 0. The molecule has 0 unspecified atom stereocenters. The first-order valence-electron chi connectivity index (χ1n) is 11.8. The van der Waals surface area contributed by atoms with E-state index in [1.807, 2.05) is 0 Å². The van der Waals surface area contributed by atoms with Gasteiger partial charge < -0.3 is 20.8 Å². The van der Waals surface area contributed by atoms with E-state index in [-0.39, 0.29) is 34.0 Å². The van der Waals surface area contributed by atoms with Crippen molar-refractivity contribution in [2.45, 2.75) is 38.6 Å². The molecular formula is C25H23ClF6N6O3. The molecule has 0 radical (unpaired) electrons. The highest BCUT2D eigenvalue weighted by molar-refractivity contribution is 6.32. The van der Waals surface area contributed by atoms with Gasteiger partial charge in [-0.05, 0) is 55.0 Å². The predicted molar refractivity (Wildman–Crippen MR) is 141 cm³/mol. The van der Waals surface area contributed by atoms with Gasteiger partial charge >= 0.3 is 12.8 Å². The number of aryl methyl sites for hydroxylation is 1. The normalized spacial score (nSPS) is 11.5. The zero-order valence-corrected chi connectivity index (χ0v) is 21.8. The number of hydrogen-bond acceptors (Lipinski definition) is 7. The van der Waals surface area contributed by atoms with Crippen LogP contribution in [0.15, 0.2) is 52.3 Å². The van der Waals surface area contributed by atoms with Crippen LogP contribution in [0.5, 0.6) is 0 Å². The van der Waals surface area contributed by atoms with Crippen molar-refractivity contribution >= 4 is 33.9 Å². The van der Waals surface area contributed by atoms with Crippen LogP contribution < -0.4 is 22.6 Å². The van der Waals surface area contributed by atoms with Crippen LogP contribution in [0.4, 0.5) is 37.8 Å². The van der Waals surface area contributed by atoms with Gasteiger partial charge in [0.25, 0.3) is 11.1 Å². The van der Waals surface area contributed by atoms with E-state index in [1.54, 1.807) is 29.5 Å². The topological polar surface area (TPSA) is 142 Å². The Kier molecular flexibility index (Phi) is 10.3. The molecule has 0 atom stereocenters. The summed E-state index contributed by atoms with van der Waals surface area (Å²) in [4.78, 5) is 27.3. The zero-order valence-electron chi connectivity index (χ0n) is 21.0. The van der Waals surface area contributed by atoms with Gasteiger partial charge in [0.1, 0.15) is 17.2 Å². The first-order chi connectivity index (χ1) is 19.3. The monoisotopic (exact) mass is 604 g/mol. The molecule has 4 rings (SSSR count). The van der Waals surface area contributed by atoms with Crippen LogP contribution in [0.2, 0.25) is 5.02 Å². The van der Waals surface area contributed by atoms with E-state index in [0.717, 1.165) is 6.20 Å². The average molecular weight is 605 g/mol. The number of anilines is 2. The second kappa shape index (κ2) is 13.5. The number of alkyl halides is 5. The smallest absolute Gasteiger partial charge is 0.397 e. The molecule has 0 amide bonds. The van der Waals surface area contributed by atoms with Crippen molar-refractivity contribution < 1.29 is 31.1 Å². The van der Waals surface area contributed by atoms with E-state index in [9.17, 15) is 35.9 Å². The Morgan fingerprint density at radius 1 is 1.07 bits per heavy atom. The standard InChI is InChI=1S/C20H19ClF3N3O2.C5H4F3N3O/c21-15-4-5-17(26-18(15)25)14-10-12-6-8-27(19(28)13(12)11-16(14)22)7-2-1-3-9-29-20(23)24;6-5(7,8)3-2(9)1-10-11-4(3)12/h4-6,8,10-11,20H,1-3,7,9H2,(H2,25,26);1H,(H3,9,11,12). The van der Waals surface area contributed by atoms with E-state index < -0.39 is 35.4 Å². The summed E-state index contributed by atoms with van der Waals surface area (Å²) in [5, 5.41) is 5.83. The molecule has 3 aromatic heterocycles.